The number of ketones is 1. The van der Waals surface area contributed by atoms with Crippen LogP contribution < -0.4 is 0 Å². The second-order valence-corrected chi connectivity index (χ2v) is 7.21. The summed E-state index contributed by atoms with van der Waals surface area (Å²) in [5.74, 6) is 0.253. The van der Waals surface area contributed by atoms with Crippen LogP contribution in [0.2, 0.25) is 0 Å². The van der Waals surface area contributed by atoms with Crippen LogP contribution in [-0.4, -0.2) is 28.6 Å². The van der Waals surface area contributed by atoms with Crippen LogP contribution in [0.5, 0.6) is 0 Å². The number of allylic oxidation sites excluding steroid dienone is 2. The lowest BCUT2D eigenvalue weighted by Crippen LogP contribution is -2.41. The number of carbonyl (C=O) groups is 2. The largest absolute Gasteiger partial charge is 0.462 e. The Bertz CT molecular complexity index is 484. The Hall–Kier alpha value is -1.16. The lowest BCUT2D eigenvalue weighted by atomic mass is 9.81. The molecular weight excluding hydrogens is 268 g/mol. The topological polar surface area (TPSA) is 63.6 Å². The molecule has 0 unspecified atom stereocenters. The van der Waals surface area contributed by atoms with Gasteiger partial charge in [0, 0.05) is 19.3 Å². The van der Waals surface area contributed by atoms with Gasteiger partial charge in [-0.25, -0.2) is 0 Å². The van der Waals surface area contributed by atoms with Crippen molar-refractivity contribution in [3.63, 3.8) is 0 Å². The quantitative estimate of drug-likeness (QED) is 0.795. The summed E-state index contributed by atoms with van der Waals surface area (Å²) in [6.45, 7) is 8.92. The fraction of sp³-hybridized carbons (Fsp3) is 0.765. The van der Waals surface area contributed by atoms with E-state index >= 15 is 0 Å². The average Bonchev–Trinajstić information content (AvgIpc) is 2.51. The van der Waals surface area contributed by atoms with Crippen molar-refractivity contribution in [3.8, 4) is 0 Å². The highest BCUT2D eigenvalue weighted by atomic mass is 16.5. The van der Waals surface area contributed by atoms with E-state index < -0.39 is 5.60 Å². The van der Waals surface area contributed by atoms with Crippen molar-refractivity contribution in [1.29, 1.82) is 0 Å². The molecular formula is C17H26O4. The number of esters is 1. The van der Waals surface area contributed by atoms with E-state index in [2.05, 4.69) is 6.92 Å². The third kappa shape index (κ3) is 3.20. The molecule has 2 rings (SSSR count). The van der Waals surface area contributed by atoms with Crippen LogP contribution in [0.15, 0.2) is 11.1 Å². The first kappa shape index (κ1) is 16.2. The molecule has 0 aliphatic heterocycles. The third-order valence-corrected chi connectivity index (χ3v) is 5.16. The van der Waals surface area contributed by atoms with Crippen molar-refractivity contribution < 1.29 is 19.4 Å². The van der Waals surface area contributed by atoms with Gasteiger partial charge in [-0.1, -0.05) is 12.5 Å². The van der Waals surface area contributed by atoms with Crippen molar-refractivity contribution in [2.75, 3.05) is 0 Å². The zero-order valence-electron chi connectivity index (χ0n) is 13.6. The van der Waals surface area contributed by atoms with E-state index in [-0.39, 0.29) is 35.6 Å². The molecule has 0 aromatic carbocycles. The molecule has 4 heteroatoms. The van der Waals surface area contributed by atoms with Crippen LogP contribution in [0, 0.1) is 17.8 Å². The van der Waals surface area contributed by atoms with Crippen molar-refractivity contribution in [2.45, 2.75) is 65.6 Å². The zero-order valence-corrected chi connectivity index (χ0v) is 13.6. The molecule has 0 saturated heterocycles. The number of rotatable bonds is 2. The first-order valence-corrected chi connectivity index (χ1v) is 7.73. The maximum Gasteiger partial charge on any atom is 0.302 e. The van der Waals surface area contributed by atoms with Crippen LogP contribution in [-0.2, 0) is 14.3 Å². The van der Waals surface area contributed by atoms with Gasteiger partial charge in [0.2, 0.25) is 0 Å². The van der Waals surface area contributed by atoms with E-state index in [9.17, 15) is 14.7 Å². The summed E-state index contributed by atoms with van der Waals surface area (Å²) in [5, 5.41) is 10.5. The van der Waals surface area contributed by atoms with Gasteiger partial charge in [-0.05, 0) is 51.0 Å². The highest BCUT2D eigenvalue weighted by Gasteiger charge is 2.45. The van der Waals surface area contributed by atoms with Crippen molar-refractivity contribution in [3.05, 3.63) is 11.1 Å². The highest BCUT2D eigenvalue weighted by Crippen LogP contribution is 2.46. The standard InChI is InChI=1S/C17H26O4/c1-9-6-16(21-11(3)18)14(17(4,5)20)7-13-10(2)15(19)8-12(9)13/h9,12,14,16,20H,6-8H2,1-5H3/t9-,12+,14-,16+/m0/s1. The first-order valence-electron chi connectivity index (χ1n) is 7.73. The minimum Gasteiger partial charge on any atom is -0.462 e. The van der Waals surface area contributed by atoms with E-state index in [1.54, 1.807) is 13.8 Å². The summed E-state index contributed by atoms with van der Waals surface area (Å²) < 4.78 is 5.50. The normalized spacial score (nSPS) is 33.7. The van der Waals surface area contributed by atoms with Gasteiger partial charge >= 0.3 is 5.97 Å². The van der Waals surface area contributed by atoms with Gasteiger partial charge in [0.15, 0.2) is 5.78 Å². The molecule has 0 spiro atoms. The van der Waals surface area contributed by atoms with Crippen LogP contribution in [0.3, 0.4) is 0 Å². The highest BCUT2D eigenvalue weighted by molar-refractivity contribution is 5.98. The van der Waals surface area contributed by atoms with Gasteiger partial charge in [-0.15, -0.1) is 0 Å². The molecule has 1 saturated carbocycles. The molecule has 118 valence electrons. The van der Waals surface area contributed by atoms with Crippen LogP contribution in [0.1, 0.15) is 53.9 Å². The van der Waals surface area contributed by atoms with E-state index in [1.165, 1.54) is 6.92 Å². The van der Waals surface area contributed by atoms with E-state index in [0.717, 1.165) is 11.1 Å². The molecule has 4 nitrogen and oxygen atoms in total. The molecule has 0 amide bonds. The fourth-order valence-corrected chi connectivity index (χ4v) is 3.89. The van der Waals surface area contributed by atoms with E-state index in [4.69, 9.17) is 4.74 Å². The predicted octanol–water partition coefficient (Wildman–Crippen LogP) is 2.64. The smallest absolute Gasteiger partial charge is 0.302 e. The summed E-state index contributed by atoms with van der Waals surface area (Å²) in [6.07, 6.45) is 1.60. The summed E-state index contributed by atoms with van der Waals surface area (Å²) >= 11 is 0. The number of hydrogen-bond donors (Lipinski definition) is 1. The van der Waals surface area contributed by atoms with Crippen molar-refractivity contribution in [1.82, 2.24) is 0 Å². The Kier molecular flexibility index (Phi) is 4.29. The Balaban J connectivity index is 2.39. The molecule has 0 bridgehead atoms. The number of ether oxygens (including phenoxy) is 1. The number of aliphatic hydroxyl groups is 1. The minimum atomic E-state index is -0.951. The molecule has 2 aliphatic rings. The molecule has 0 aromatic heterocycles. The van der Waals surface area contributed by atoms with E-state index in [0.29, 0.717) is 19.3 Å². The summed E-state index contributed by atoms with van der Waals surface area (Å²) in [5.41, 5.74) is 1.06. The monoisotopic (exact) mass is 294 g/mol. The SMILES string of the molecule is CC(=O)O[C@@H]1C[C@H](C)[C@H]2CC(=O)C(C)=C2C[C@@H]1C(C)(C)O. The fourth-order valence-electron chi connectivity index (χ4n) is 3.89. The molecule has 0 radical (unpaired) electrons. The lowest BCUT2D eigenvalue weighted by molar-refractivity contribution is -0.155. The third-order valence-electron chi connectivity index (χ3n) is 5.16. The molecule has 4 atom stereocenters. The van der Waals surface area contributed by atoms with Crippen molar-refractivity contribution in [2.24, 2.45) is 17.8 Å². The van der Waals surface area contributed by atoms with Gasteiger partial charge in [0.1, 0.15) is 6.10 Å². The van der Waals surface area contributed by atoms with Gasteiger partial charge in [-0.3, -0.25) is 9.59 Å². The number of hydrogen-bond acceptors (Lipinski definition) is 4. The Morgan fingerprint density at radius 1 is 1.33 bits per heavy atom. The molecule has 21 heavy (non-hydrogen) atoms. The second-order valence-electron chi connectivity index (χ2n) is 7.21. The lowest BCUT2D eigenvalue weighted by Gasteiger charge is -2.34. The number of carbonyl (C=O) groups excluding carboxylic acids is 2. The van der Waals surface area contributed by atoms with Gasteiger partial charge in [0.25, 0.3) is 0 Å². The van der Waals surface area contributed by atoms with Gasteiger partial charge < -0.3 is 9.84 Å². The maximum absolute atomic E-state index is 12.0. The molecule has 0 heterocycles. The first-order chi connectivity index (χ1) is 9.61. The number of Topliss-reactive ketones (excluding diaryl/α,β-unsaturated/α-hetero) is 1. The second kappa shape index (κ2) is 5.56. The molecule has 0 aromatic rings. The Morgan fingerprint density at radius 2 is 1.95 bits per heavy atom. The summed E-state index contributed by atoms with van der Waals surface area (Å²) in [7, 11) is 0. The molecule has 2 aliphatic carbocycles. The zero-order chi connectivity index (χ0) is 15.9. The Labute approximate surface area is 126 Å². The summed E-state index contributed by atoms with van der Waals surface area (Å²) in [4.78, 5) is 23.4. The minimum absolute atomic E-state index is 0.176. The molecule has 1 N–H and O–H groups in total. The Morgan fingerprint density at radius 3 is 2.48 bits per heavy atom. The maximum atomic E-state index is 12.0. The van der Waals surface area contributed by atoms with Gasteiger partial charge in [0.05, 0.1) is 5.60 Å². The molecule has 1 fully saturated rings. The average molecular weight is 294 g/mol. The van der Waals surface area contributed by atoms with Crippen molar-refractivity contribution >= 4 is 11.8 Å². The van der Waals surface area contributed by atoms with E-state index in [1.807, 2.05) is 6.92 Å². The number of fused-ring (bicyclic) bond motifs is 1. The van der Waals surface area contributed by atoms with Crippen LogP contribution >= 0.6 is 0 Å². The predicted molar refractivity (Wildman–Crippen MR) is 79.6 cm³/mol. The van der Waals surface area contributed by atoms with Crippen LogP contribution in [0.25, 0.3) is 0 Å². The summed E-state index contributed by atoms with van der Waals surface area (Å²) in [6, 6.07) is 0. The van der Waals surface area contributed by atoms with Gasteiger partial charge in [-0.2, -0.15) is 0 Å². The van der Waals surface area contributed by atoms with Crippen LogP contribution in [0.4, 0.5) is 0 Å².